The van der Waals surface area contributed by atoms with Gasteiger partial charge in [-0.25, -0.2) is 13.1 Å². The van der Waals surface area contributed by atoms with Gasteiger partial charge in [-0.2, -0.15) is 0 Å². The van der Waals surface area contributed by atoms with Crippen molar-refractivity contribution in [2.75, 3.05) is 14.2 Å². The number of hydrogen-bond donors (Lipinski definition) is 2. The maximum atomic E-state index is 12.9. The summed E-state index contributed by atoms with van der Waals surface area (Å²) in [6.45, 7) is 0. The molecule has 27 heavy (non-hydrogen) atoms. The molecule has 1 aliphatic carbocycles. The van der Waals surface area contributed by atoms with Gasteiger partial charge < -0.3 is 14.5 Å². The molecule has 7 heteroatoms. The average Bonchev–Trinajstić information content (AvgIpc) is 3.05. The van der Waals surface area contributed by atoms with E-state index in [-0.39, 0.29) is 10.9 Å². The van der Waals surface area contributed by atoms with Gasteiger partial charge in [0.1, 0.15) is 0 Å². The number of fused-ring (bicyclic) bond motifs is 3. The third-order valence-electron chi connectivity index (χ3n) is 5.08. The molecule has 0 amide bonds. The van der Waals surface area contributed by atoms with Gasteiger partial charge in [-0.3, -0.25) is 0 Å². The van der Waals surface area contributed by atoms with E-state index in [1.165, 1.54) is 43.0 Å². The normalized spacial score (nSPS) is 16.9. The van der Waals surface area contributed by atoms with Crippen LogP contribution in [0.2, 0.25) is 0 Å². The van der Waals surface area contributed by atoms with Crippen molar-refractivity contribution < 1.29 is 17.9 Å². The molecule has 1 aromatic heterocycles. The van der Waals surface area contributed by atoms with Crippen LogP contribution in [0.5, 0.6) is 11.5 Å². The van der Waals surface area contributed by atoms with Gasteiger partial charge in [0.15, 0.2) is 11.5 Å². The van der Waals surface area contributed by atoms with E-state index in [1.54, 1.807) is 6.07 Å². The standard InChI is InChI=1S/C20H22N2O4S/c1-25-19-10-8-14(12-20(19)26-2)27(23,24)22-13-7-9-18-16(11-13)15-5-3-4-6-17(15)21-18/h3-6,8,10,12-13,21-22H,7,9,11H2,1-2H3. The zero-order valence-corrected chi connectivity index (χ0v) is 16.1. The molecule has 0 saturated heterocycles. The Bertz CT molecular complexity index is 1090. The molecule has 0 saturated carbocycles. The topological polar surface area (TPSA) is 80.4 Å². The monoisotopic (exact) mass is 386 g/mol. The summed E-state index contributed by atoms with van der Waals surface area (Å²) in [4.78, 5) is 3.62. The Kier molecular flexibility index (Phi) is 4.57. The lowest BCUT2D eigenvalue weighted by atomic mass is 9.92. The summed E-state index contributed by atoms with van der Waals surface area (Å²) in [6.07, 6.45) is 2.25. The number of para-hydroxylation sites is 1. The van der Waals surface area contributed by atoms with Gasteiger partial charge in [-0.1, -0.05) is 18.2 Å². The minimum Gasteiger partial charge on any atom is -0.493 e. The number of hydrogen-bond acceptors (Lipinski definition) is 4. The number of ether oxygens (including phenoxy) is 2. The highest BCUT2D eigenvalue weighted by Gasteiger charge is 2.27. The van der Waals surface area contributed by atoms with Crippen LogP contribution in [0.3, 0.4) is 0 Å². The zero-order valence-electron chi connectivity index (χ0n) is 15.3. The van der Waals surface area contributed by atoms with E-state index in [0.717, 1.165) is 18.4 Å². The molecular formula is C20H22N2O4S. The van der Waals surface area contributed by atoms with Crippen molar-refractivity contribution in [3.05, 3.63) is 53.7 Å². The van der Waals surface area contributed by atoms with Crippen molar-refractivity contribution in [3.63, 3.8) is 0 Å². The smallest absolute Gasteiger partial charge is 0.240 e. The van der Waals surface area contributed by atoms with Crippen molar-refractivity contribution in [1.82, 2.24) is 9.71 Å². The quantitative estimate of drug-likeness (QED) is 0.706. The Labute approximate surface area is 158 Å². The second-order valence-electron chi connectivity index (χ2n) is 6.71. The zero-order chi connectivity index (χ0) is 19.0. The summed E-state index contributed by atoms with van der Waals surface area (Å²) >= 11 is 0. The number of rotatable bonds is 5. The summed E-state index contributed by atoms with van der Waals surface area (Å²) in [5.41, 5.74) is 3.51. The molecule has 0 fully saturated rings. The van der Waals surface area contributed by atoms with E-state index in [2.05, 4.69) is 21.8 Å². The lowest BCUT2D eigenvalue weighted by Gasteiger charge is -2.23. The Morgan fingerprint density at radius 1 is 1.07 bits per heavy atom. The van der Waals surface area contributed by atoms with Crippen LogP contribution in [0, 0.1) is 0 Å². The number of aromatic amines is 1. The predicted octanol–water partition coefficient (Wildman–Crippen LogP) is 3.02. The number of methoxy groups -OCH3 is 2. The first kappa shape index (κ1) is 17.9. The third-order valence-corrected chi connectivity index (χ3v) is 6.60. The number of benzene rings is 2. The first-order chi connectivity index (χ1) is 13.0. The van der Waals surface area contributed by atoms with Crippen LogP contribution in [-0.2, 0) is 22.9 Å². The van der Waals surface area contributed by atoms with E-state index in [4.69, 9.17) is 9.47 Å². The Morgan fingerprint density at radius 3 is 2.63 bits per heavy atom. The lowest BCUT2D eigenvalue weighted by molar-refractivity contribution is 0.354. The fourth-order valence-corrected chi connectivity index (χ4v) is 5.03. The summed E-state index contributed by atoms with van der Waals surface area (Å²) in [5, 5.41) is 1.17. The van der Waals surface area contributed by atoms with Gasteiger partial charge in [0.25, 0.3) is 0 Å². The molecule has 6 nitrogen and oxygen atoms in total. The highest BCUT2D eigenvalue weighted by Crippen LogP contribution is 2.31. The van der Waals surface area contributed by atoms with Crippen molar-refractivity contribution in [2.45, 2.75) is 30.2 Å². The summed E-state index contributed by atoms with van der Waals surface area (Å²) in [7, 11) is -0.646. The fraction of sp³-hybridized carbons (Fsp3) is 0.300. The SMILES string of the molecule is COc1ccc(S(=O)(=O)NC2CCc3[nH]c4ccccc4c3C2)cc1OC. The fourth-order valence-electron chi connectivity index (χ4n) is 3.74. The van der Waals surface area contributed by atoms with Gasteiger partial charge in [-0.15, -0.1) is 0 Å². The van der Waals surface area contributed by atoms with Crippen molar-refractivity contribution in [3.8, 4) is 11.5 Å². The maximum absolute atomic E-state index is 12.9. The Balaban J connectivity index is 1.59. The highest BCUT2D eigenvalue weighted by atomic mass is 32.2. The molecular weight excluding hydrogens is 364 g/mol. The van der Waals surface area contributed by atoms with Gasteiger partial charge in [-0.05, 0) is 43.0 Å². The maximum Gasteiger partial charge on any atom is 0.240 e. The molecule has 0 spiro atoms. The summed E-state index contributed by atoms with van der Waals surface area (Å²) in [5.74, 6) is 0.889. The molecule has 2 aromatic carbocycles. The molecule has 1 atom stereocenters. The number of sulfonamides is 1. The van der Waals surface area contributed by atoms with Crippen LogP contribution in [0.15, 0.2) is 47.4 Å². The number of nitrogens with one attached hydrogen (secondary N) is 2. The molecule has 1 aliphatic rings. The molecule has 1 unspecified atom stereocenters. The molecule has 3 aromatic rings. The van der Waals surface area contributed by atoms with Gasteiger partial charge in [0.2, 0.25) is 10.0 Å². The van der Waals surface area contributed by atoms with Gasteiger partial charge in [0.05, 0.1) is 19.1 Å². The van der Waals surface area contributed by atoms with Crippen molar-refractivity contribution in [2.24, 2.45) is 0 Å². The second-order valence-corrected chi connectivity index (χ2v) is 8.42. The third kappa shape index (κ3) is 3.28. The number of aromatic nitrogens is 1. The van der Waals surface area contributed by atoms with Crippen LogP contribution in [0.25, 0.3) is 10.9 Å². The average molecular weight is 386 g/mol. The van der Waals surface area contributed by atoms with E-state index in [9.17, 15) is 8.42 Å². The van der Waals surface area contributed by atoms with E-state index < -0.39 is 10.0 Å². The van der Waals surface area contributed by atoms with Crippen LogP contribution in [0.4, 0.5) is 0 Å². The Hall–Kier alpha value is -2.51. The van der Waals surface area contributed by atoms with E-state index >= 15 is 0 Å². The minimum absolute atomic E-state index is 0.144. The van der Waals surface area contributed by atoms with Crippen molar-refractivity contribution in [1.29, 1.82) is 0 Å². The largest absolute Gasteiger partial charge is 0.493 e. The van der Waals surface area contributed by atoms with E-state index in [1.807, 2.05) is 12.1 Å². The van der Waals surface area contributed by atoms with Crippen LogP contribution >= 0.6 is 0 Å². The first-order valence-electron chi connectivity index (χ1n) is 8.84. The predicted molar refractivity (Wildman–Crippen MR) is 104 cm³/mol. The molecule has 0 aliphatic heterocycles. The minimum atomic E-state index is -3.65. The molecule has 142 valence electrons. The Morgan fingerprint density at radius 2 is 1.85 bits per heavy atom. The first-order valence-corrected chi connectivity index (χ1v) is 10.3. The summed E-state index contributed by atoms with van der Waals surface area (Å²) in [6, 6.07) is 12.6. The van der Waals surface area contributed by atoms with Crippen LogP contribution < -0.4 is 14.2 Å². The molecule has 0 radical (unpaired) electrons. The van der Waals surface area contributed by atoms with Crippen LogP contribution in [-0.4, -0.2) is 33.7 Å². The van der Waals surface area contributed by atoms with Crippen LogP contribution in [0.1, 0.15) is 17.7 Å². The van der Waals surface area contributed by atoms with Gasteiger partial charge >= 0.3 is 0 Å². The summed E-state index contributed by atoms with van der Waals surface area (Å²) < 4.78 is 39.0. The molecule has 4 rings (SSSR count). The molecule has 0 bridgehead atoms. The number of aryl methyl sites for hydroxylation is 1. The van der Waals surface area contributed by atoms with E-state index in [0.29, 0.717) is 17.9 Å². The molecule has 2 N–H and O–H groups in total. The second kappa shape index (κ2) is 6.90. The van der Waals surface area contributed by atoms with Gasteiger partial charge in [0, 0.05) is 28.7 Å². The molecule has 1 heterocycles. The number of H-pyrrole nitrogens is 1. The highest BCUT2D eigenvalue weighted by molar-refractivity contribution is 7.89. The van der Waals surface area contributed by atoms with Crippen molar-refractivity contribution >= 4 is 20.9 Å². The lowest BCUT2D eigenvalue weighted by Crippen LogP contribution is -2.38.